The molecule has 0 fully saturated rings. The number of nitrogens with zero attached hydrogens (tertiary/aromatic N) is 1. The van der Waals surface area contributed by atoms with Gasteiger partial charge < -0.3 is 5.73 Å². The maximum atomic E-state index is 13.7. The van der Waals surface area contributed by atoms with Crippen LogP contribution in [0.25, 0.3) is 22.2 Å². The lowest BCUT2D eigenvalue weighted by Gasteiger charge is -2.07. The highest BCUT2D eigenvalue weighted by Crippen LogP contribution is 2.28. The van der Waals surface area contributed by atoms with E-state index in [1.165, 1.54) is 24.3 Å². The molecule has 19 heavy (non-hydrogen) atoms. The molecule has 0 aliphatic heterocycles. The predicted octanol–water partition coefficient (Wildman–Crippen LogP) is 3.76. The Bertz CT molecular complexity index is 769. The van der Waals surface area contributed by atoms with Crippen LogP contribution in [0.1, 0.15) is 0 Å². The van der Waals surface area contributed by atoms with Gasteiger partial charge in [-0.3, -0.25) is 0 Å². The molecule has 0 saturated carbocycles. The van der Waals surface area contributed by atoms with Crippen LogP contribution in [-0.4, -0.2) is 4.98 Å². The zero-order valence-electron chi connectivity index (χ0n) is 9.90. The fraction of sp³-hybridized carbons (Fsp3) is 0. The van der Waals surface area contributed by atoms with E-state index in [0.717, 1.165) is 0 Å². The van der Waals surface area contributed by atoms with Gasteiger partial charge in [-0.25, -0.2) is 13.8 Å². The fourth-order valence-corrected chi connectivity index (χ4v) is 2.03. The Kier molecular flexibility index (Phi) is 2.63. The average Bonchev–Trinajstić information content (AvgIpc) is 2.40. The molecule has 0 atom stereocenters. The number of pyridine rings is 1. The molecule has 0 aliphatic carbocycles. The lowest BCUT2D eigenvalue weighted by molar-refractivity contribution is 0.629. The lowest BCUT2D eigenvalue weighted by atomic mass is 10.1. The molecule has 0 radical (unpaired) electrons. The van der Waals surface area contributed by atoms with Gasteiger partial charge in [-0.1, -0.05) is 12.1 Å². The molecule has 94 valence electrons. The zero-order chi connectivity index (χ0) is 13.4. The Balaban J connectivity index is 2.27. The molecule has 0 aliphatic rings. The first-order chi connectivity index (χ1) is 9.15. The second-order valence-corrected chi connectivity index (χ2v) is 4.24. The molecular formula is C15H10F2N2. The number of hydrogen-bond acceptors (Lipinski definition) is 2. The molecule has 2 nitrogen and oxygen atoms in total. The molecule has 4 heteroatoms. The van der Waals surface area contributed by atoms with Crippen LogP contribution in [0, 0.1) is 11.6 Å². The number of nitrogens with two attached hydrogens (primary N) is 1. The Morgan fingerprint density at radius 3 is 2.53 bits per heavy atom. The van der Waals surface area contributed by atoms with Crippen molar-refractivity contribution in [1.82, 2.24) is 4.98 Å². The first-order valence-electron chi connectivity index (χ1n) is 5.76. The number of nitrogen functional groups attached to an aromatic ring is 1. The van der Waals surface area contributed by atoms with Crippen molar-refractivity contribution in [3.8, 4) is 11.3 Å². The van der Waals surface area contributed by atoms with E-state index in [-0.39, 0.29) is 11.6 Å². The minimum atomic E-state index is -0.375. The summed E-state index contributed by atoms with van der Waals surface area (Å²) >= 11 is 0. The predicted molar refractivity (Wildman–Crippen MR) is 71.5 cm³/mol. The average molecular weight is 256 g/mol. The topological polar surface area (TPSA) is 38.9 Å². The van der Waals surface area contributed by atoms with Crippen LogP contribution in [-0.2, 0) is 0 Å². The molecule has 2 N–H and O–H groups in total. The van der Waals surface area contributed by atoms with E-state index >= 15 is 0 Å². The molecule has 2 aromatic carbocycles. The summed E-state index contributed by atoms with van der Waals surface area (Å²) in [4.78, 5) is 4.32. The third-order valence-electron chi connectivity index (χ3n) is 2.95. The first-order valence-corrected chi connectivity index (χ1v) is 5.76. The van der Waals surface area contributed by atoms with Gasteiger partial charge in [0.2, 0.25) is 0 Å². The summed E-state index contributed by atoms with van der Waals surface area (Å²) in [6.45, 7) is 0. The Morgan fingerprint density at radius 2 is 1.74 bits per heavy atom. The number of benzene rings is 2. The van der Waals surface area contributed by atoms with Gasteiger partial charge in [0.25, 0.3) is 0 Å². The maximum Gasteiger partial charge on any atom is 0.132 e. The normalized spacial score (nSPS) is 10.8. The second-order valence-electron chi connectivity index (χ2n) is 4.24. The number of aromatic nitrogens is 1. The van der Waals surface area contributed by atoms with Crippen LogP contribution >= 0.6 is 0 Å². The van der Waals surface area contributed by atoms with Crippen LogP contribution in [0.15, 0.2) is 48.5 Å². The van der Waals surface area contributed by atoms with Crippen molar-refractivity contribution in [3.05, 3.63) is 60.2 Å². The third-order valence-corrected chi connectivity index (χ3v) is 2.95. The van der Waals surface area contributed by atoms with Crippen LogP contribution < -0.4 is 5.73 Å². The Morgan fingerprint density at radius 1 is 0.947 bits per heavy atom. The minimum absolute atomic E-state index is 0.365. The number of anilines is 1. The Labute approximate surface area is 108 Å². The van der Waals surface area contributed by atoms with Gasteiger partial charge in [-0.15, -0.1) is 0 Å². The molecule has 1 aromatic heterocycles. The number of rotatable bonds is 1. The quantitative estimate of drug-likeness (QED) is 0.720. The molecule has 1 heterocycles. The summed E-state index contributed by atoms with van der Waals surface area (Å²) in [7, 11) is 0. The lowest BCUT2D eigenvalue weighted by Crippen LogP contribution is -1.94. The highest BCUT2D eigenvalue weighted by molar-refractivity contribution is 5.92. The van der Waals surface area contributed by atoms with Crippen LogP contribution in [0.2, 0.25) is 0 Å². The highest BCUT2D eigenvalue weighted by Gasteiger charge is 2.09. The molecule has 3 aromatic rings. The summed E-state index contributed by atoms with van der Waals surface area (Å²) in [6, 6.07) is 12.0. The number of fused-ring (bicyclic) bond motifs is 1. The van der Waals surface area contributed by atoms with E-state index in [1.54, 1.807) is 24.3 Å². The standard InChI is InChI=1S/C15H10F2N2/c16-9-5-6-14-11(7-9)13(18)8-15(19-14)10-3-1-2-4-12(10)17/h1-8H,(H2,18,19). The van der Waals surface area contributed by atoms with E-state index < -0.39 is 0 Å². The third kappa shape index (κ3) is 2.01. The van der Waals surface area contributed by atoms with Gasteiger partial charge in [0.1, 0.15) is 11.6 Å². The molecule has 0 unspecified atom stereocenters. The van der Waals surface area contributed by atoms with Crippen LogP contribution in [0.5, 0.6) is 0 Å². The van der Waals surface area contributed by atoms with Crippen LogP contribution in [0.4, 0.5) is 14.5 Å². The number of hydrogen-bond donors (Lipinski definition) is 1. The zero-order valence-corrected chi connectivity index (χ0v) is 9.90. The molecule has 3 rings (SSSR count). The van der Waals surface area contributed by atoms with Crippen LogP contribution in [0.3, 0.4) is 0 Å². The largest absolute Gasteiger partial charge is 0.398 e. The number of halogens is 2. The summed E-state index contributed by atoms with van der Waals surface area (Å²) in [5.41, 5.74) is 7.62. The summed E-state index contributed by atoms with van der Waals surface area (Å²) in [6.07, 6.45) is 0. The molecule has 0 spiro atoms. The van der Waals surface area contributed by atoms with E-state index in [4.69, 9.17) is 5.73 Å². The summed E-state index contributed by atoms with van der Waals surface area (Å²) < 4.78 is 26.9. The Hall–Kier alpha value is -2.49. The van der Waals surface area contributed by atoms with Gasteiger partial charge in [-0.05, 0) is 36.4 Å². The summed E-state index contributed by atoms with van der Waals surface area (Å²) in [5.74, 6) is -0.740. The van der Waals surface area contributed by atoms with Gasteiger partial charge in [0, 0.05) is 16.6 Å². The first kappa shape index (κ1) is 11.6. The molecule has 0 bridgehead atoms. The van der Waals surface area contributed by atoms with Gasteiger partial charge in [-0.2, -0.15) is 0 Å². The highest BCUT2D eigenvalue weighted by atomic mass is 19.1. The van der Waals surface area contributed by atoms with Crippen molar-refractivity contribution < 1.29 is 8.78 Å². The maximum absolute atomic E-state index is 13.7. The molecular weight excluding hydrogens is 246 g/mol. The minimum Gasteiger partial charge on any atom is -0.398 e. The van der Waals surface area contributed by atoms with E-state index in [0.29, 0.717) is 27.8 Å². The van der Waals surface area contributed by atoms with Crippen molar-refractivity contribution in [2.45, 2.75) is 0 Å². The van der Waals surface area contributed by atoms with E-state index in [1.807, 2.05) is 0 Å². The molecule has 0 saturated heterocycles. The van der Waals surface area contributed by atoms with Gasteiger partial charge >= 0.3 is 0 Å². The van der Waals surface area contributed by atoms with Crippen molar-refractivity contribution in [1.29, 1.82) is 0 Å². The fourth-order valence-electron chi connectivity index (χ4n) is 2.03. The van der Waals surface area contributed by atoms with Gasteiger partial charge in [0.05, 0.1) is 11.2 Å². The summed E-state index contributed by atoms with van der Waals surface area (Å²) in [5, 5.41) is 0.528. The van der Waals surface area contributed by atoms with Crippen molar-refractivity contribution in [2.24, 2.45) is 0 Å². The van der Waals surface area contributed by atoms with Crippen molar-refractivity contribution in [2.75, 3.05) is 5.73 Å². The molecule has 0 amide bonds. The van der Waals surface area contributed by atoms with Crippen molar-refractivity contribution >= 4 is 16.6 Å². The van der Waals surface area contributed by atoms with E-state index in [9.17, 15) is 8.78 Å². The SMILES string of the molecule is Nc1cc(-c2ccccc2F)nc2ccc(F)cc12. The van der Waals surface area contributed by atoms with Crippen molar-refractivity contribution in [3.63, 3.8) is 0 Å². The van der Waals surface area contributed by atoms with E-state index in [2.05, 4.69) is 4.98 Å². The smallest absolute Gasteiger partial charge is 0.132 e. The monoisotopic (exact) mass is 256 g/mol. The second kappa shape index (κ2) is 4.31. The van der Waals surface area contributed by atoms with Gasteiger partial charge in [0.15, 0.2) is 0 Å².